The fourth-order valence-electron chi connectivity index (χ4n) is 4.04. The molecule has 1 heterocycles. The third kappa shape index (κ3) is 5.22. The number of carbonyl (C=O) groups is 2. The van der Waals surface area contributed by atoms with Crippen molar-refractivity contribution in [2.45, 2.75) is 91.6 Å². The summed E-state index contributed by atoms with van der Waals surface area (Å²) in [6, 6.07) is 0. The summed E-state index contributed by atoms with van der Waals surface area (Å²) in [4.78, 5) is 24.3. The summed E-state index contributed by atoms with van der Waals surface area (Å²) in [5.41, 5.74) is 1.44. The van der Waals surface area contributed by atoms with Gasteiger partial charge in [-0.25, -0.2) is 4.79 Å². The van der Waals surface area contributed by atoms with Crippen LogP contribution in [0, 0.1) is 11.8 Å². The van der Waals surface area contributed by atoms with E-state index < -0.39 is 6.10 Å². The van der Waals surface area contributed by atoms with Gasteiger partial charge in [0.25, 0.3) is 0 Å². The summed E-state index contributed by atoms with van der Waals surface area (Å²) >= 11 is 0. The second-order valence-electron chi connectivity index (χ2n) is 8.46. The monoisotopic (exact) mass is 378 g/mol. The summed E-state index contributed by atoms with van der Waals surface area (Å²) in [6.45, 7) is 13.3. The van der Waals surface area contributed by atoms with Crippen molar-refractivity contribution in [2.75, 3.05) is 0 Å². The molecule has 5 atom stereocenters. The van der Waals surface area contributed by atoms with Crippen LogP contribution in [0.4, 0.5) is 0 Å². The van der Waals surface area contributed by atoms with E-state index in [1.165, 1.54) is 12.5 Å². The summed E-state index contributed by atoms with van der Waals surface area (Å²) in [7, 11) is 0. The summed E-state index contributed by atoms with van der Waals surface area (Å²) < 4.78 is 17.8. The number of carbonyl (C=O) groups excluding carboxylic acids is 2. The van der Waals surface area contributed by atoms with Gasteiger partial charge >= 0.3 is 11.9 Å². The van der Waals surface area contributed by atoms with E-state index in [1.54, 1.807) is 13.0 Å². The van der Waals surface area contributed by atoms with Crippen LogP contribution in [0.2, 0.25) is 0 Å². The van der Waals surface area contributed by atoms with Crippen LogP contribution in [0.15, 0.2) is 23.3 Å². The zero-order valence-electron chi connectivity index (χ0n) is 17.7. The molecular weight excluding hydrogens is 344 g/mol. The molecule has 2 rings (SSSR count). The number of esters is 2. The standard InChI is InChI=1S/C22H34O5/c1-8-15(5)21(24)26-19-18(13(2)3)17(25-16(6)23)12-14(4)10-9-11-22(7)20(19)27-22/h8,10,13,17-20H,9,11-12H2,1-7H3/b14-10-,15-8+. The fourth-order valence-corrected chi connectivity index (χ4v) is 4.04. The Bertz CT molecular complexity index is 633. The van der Waals surface area contributed by atoms with Gasteiger partial charge in [0.1, 0.15) is 18.3 Å². The van der Waals surface area contributed by atoms with Gasteiger partial charge in [-0.05, 0) is 46.5 Å². The number of epoxide rings is 1. The molecule has 5 unspecified atom stereocenters. The molecule has 0 saturated carbocycles. The molecule has 2 aliphatic rings. The van der Waals surface area contributed by atoms with E-state index in [2.05, 4.69) is 33.8 Å². The van der Waals surface area contributed by atoms with Crippen molar-refractivity contribution in [3.63, 3.8) is 0 Å². The molecule has 152 valence electrons. The van der Waals surface area contributed by atoms with Gasteiger partial charge in [0.15, 0.2) is 0 Å². The first kappa shape index (κ1) is 21.7. The Balaban J connectivity index is 2.43. The Morgan fingerprint density at radius 2 is 1.96 bits per heavy atom. The molecule has 1 fully saturated rings. The zero-order valence-corrected chi connectivity index (χ0v) is 17.7. The predicted molar refractivity (Wildman–Crippen MR) is 104 cm³/mol. The topological polar surface area (TPSA) is 65.1 Å². The number of hydrogen-bond donors (Lipinski definition) is 0. The Morgan fingerprint density at radius 1 is 1.30 bits per heavy atom. The number of fused-ring (bicyclic) bond motifs is 1. The Morgan fingerprint density at radius 3 is 2.52 bits per heavy atom. The van der Waals surface area contributed by atoms with Crippen LogP contribution in [0.3, 0.4) is 0 Å². The van der Waals surface area contributed by atoms with Crippen molar-refractivity contribution in [1.82, 2.24) is 0 Å². The lowest BCUT2D eigenvalue weighted by atomic mass is 9.78. The first-order valence-corrected chi connectivity index (χ1v) is 9.93. The second kappa shape index (κ2) is 8.59. The lowest BCUT2D eigenvalue weighted by Gasteiger charge is -2.36. The number of allylic oxidation sites excluding steroid dienone is 2. The highest BCUT2D eigenvalue weighted by atomic mass is 16.6. The summed E-state index contributed by atoms with van der Waals surface area (Å²) in [6.07, 6.45) is 5.39. The van der Waals surface area contributed by atoms with E-state index in [1.807, 2.05) is 6.92 Å². The van der Waals surface area contributed by atoms with Crippen molar-refractivity contribution >= 4 is 11.9 Å². The Hall–Kier alpha value is -1.62. The predicted octanol–water partition coefficient (Wildman–Crippen LogP) is 4.36. The van der Waals surface area contributed by atoms with Crippen LogP contribution in [0.25, 0.3) is 0 Å². The first-order valence-electron chi connectivity index (χ1n) is 9.93. The molecule has 0 bridgehead atoms. The smallest absolute Gasteiger partial charge is 0.333 e. The minimum Gasteiger partial charge on any atom is -0.462 e. The van der Waals surface area contributed by atoms with Crippen molar-refractivity contribution in [1.29, 1.82) is 0 Å². The quantitative estimate of drug-likeness (QED) is 0.315. The highest BCUT2D eigenvalue weighted by Crippen LogP contribution is 2.48. The maximum Gasteiger partial charge on any atom is 0.333 e. The number of hydrogen-bond acceptors (Lipinski definition) is 5. The van der Waals surface area contributed by atoms with Crippen LogP contribution < -0.4 is 0 Å². The fraction of sp³-hybridized carbons (Fsp3) is 0.727. The lowest BCUT2D eigenvalue weighted by molar-refractivity contribution is -0.162. The van der Waals surface area contributed by atoms with Crippen LogP contribution in [-0.2, 0) is 23.8 Å². The summed E-state index contributed by atoms with van der Waals surface area (Å²) in [5, 5.41) is 0. The van der Waals surface area contributed by atoms with Crippen LogP contribution in [-0.4, -0.2) is 35.9 Å². The van der Waals surface area contributed by atoms with Crippen molar-refractivity contribution in [2.24, 2.45) is 11.8 Å². The van der Waals surface area contributed by atoms with Gasteiger partial charge in [0.2, 0.25) is 0 Å². The number of ether oxygens (including phenoxy) is 3. The molecule has 1 saturated heterocycles. The summed E-state index contributed by atoms with van der Waals surface area (Å²) in [5.74, 6) is -0.642. The van der Waals surface area contributed by atoms with E-state index in [0.717, 1.165) is 12.8 Å². The molecular formula is C22H34O5. The maximum absolute atomic E-state index is 12.6. The molecule has 0 aromatic rings. The van der Waals surface area contributed by atoms with Crippen molar-refractivity contribution in [3.05, 3.63) is 23.3 Å². The van der Waals surface area contributed by atoms with Crippen LogP contribution in [0.5, 0.6) is 0 Å². The van der Waals surface area contributed by atoms with Gasteiger partial charge < -0.3 is 14.2 Å². The van der Waals surface area contributed by atoms with E-state index in [0.29, 0.717) is 12.0 Å². The Labute approximate surface area is 163 Å². The maximum atomic E-state index is 12.6. The molecule has 0 aromatic heterocycles. The molecule has 5 nitrogen and oxygen atoms in total. The highest BCUT2D eigenvalue weighted by molar-refractivity contribution is 5.87. The third-order valence-corrected chi connectivity index (χ3v) is 5.79. The van der Waals surface area contributed by atoms with Gasteiger partial charge in [-0.3, -0.25) is 4.79 Å². The normalized spacial score (nSPS) is 36.3. The van der Waals surface area contributed by atoms with Gasteiger partial charge in [-0.2, -0.15) is 0 Å². The zero-order chi connectivity index (χ0) is 20.4. The van der Waals surface area contributed by atoms with Gasteiger partial charge in [0, 0.05) is 24.8 Å². The Kier molecular flexibility index (Phi) is 6.90. The number of rotatable bonds is 4. The first-order chi connectivity index (χ1) is 12.6. The van der Waals surface area contributed by atoms with E-state index >= 15 is 0 Å². The minimum atomic E-state index is -0.451. The molecule has 0 spiro atoms. The molecule has 1 aliphatic heterocycles. The third-order valence-electron chi connectivity index (χ3n) is 5.79. The van der Waals surface area contributed by atoms with Crippen LogP contribution in [0.1, 0.15) is 67.7 Å². The molecule has 27 heavy (non-hydrogen) atoms. The van der Waals surface area contributed by atoms with E-state index in [9.17, 15) is 9.59 Å². The highest BCUT2D eigenvalue weighted by Gasteiger charge is 2.60. The molecule has 0 N–H and O–H groups in total. The van der Waals surface area contributed by atoms with Crippen molar-refractivity contribution in [3.8, 4) is 0 Å². The lowest BCUT2D eigenvalue weighted by Crippen LogP contribution is -2.45. The average molecular weight is 379 g/mol. The largest absolute Gasteiger partial charge is 0.462 e. The average Bonchev–Trinajstić information content (AvgIpc) is 3.23. The second-order valence-corrected chi connectivity index (χ2v) is 8.46. The van der Waals surface area contributed by atoms with E-state index in [4.69, 9.17) is 14.2 Å². The van der Waals surface area contributed by atoms with Gasteiger partial charge in [-0.15, -0.1) is 0 Å². The van der Waals surface area contributed by atoms with Crippen molar-refractivity contribution < 1.29 is 23.8 Å². The molecule has 0 radical (unpaired) electrons. The van der Waals surface area contributed by atoms with E-state index in [-0.39, 0.29) is 41.6 Å². The SMILES string of the molecule is C/C=C(\C)C(=O)OC1C(C(C)C)C(OC(C)=O)C/C(C)=C\CCC2(C)OC12. The van der Waals surface area contributed by atoms with Crippen LogP contribution >= 0.6 is 0 Å². The molecule has 5 heteroatoms. The van der Waals surface area contributed by atoms with Gasteiger partial charge in [-0.1, -0.05) is 31.6 Å². The molecule has 0 amide bonds. The minimum absolute atomic E-state index is 0.143. The molecule has 0 aromatic carbocycles. The molecule has 1 aliphatic carbocycles. The van der Waals surface area contributed by atoms with Gasteiger partial charge in [0.05, 0.1) is 5.60 Å².